The van der Waals surface area contributed by atoms with E-state index in [-0.39, 0.29) is 0 Å². The molecule has 0 spiro atoms. The molecule has 5 nitrogen and oxygen atoms in total. The molecular formula is C24H33N5. The van der Waals surface area contributed by atoms with Crippen LogP contribution in [0.15, 0.2) is 42.2 Å². The molecule has 3 atom stereocenters. The molecule has 2 aromatic heterocycles. The van der Waals surface area contributed by atoms with Gasteiger partial charge < -0.3 is 15.3 Å². The standard InChI is InChI=1S/C24H33N5/c1-15(2)20-11-18(12-22-28-21-7-5-6-16(3)24(21)29-22)17(4)10-19(20)13-25-14-23-26-8-9-27-23/h5-10,15,18-20,25H,11-14H2,1-4H3,(H,26,27)(H,28,29). The van der Waals surface area contributed by atoms with Crippen LogP contribution in [0.3, 0.4) is 0 Å². The molecule has 4 rings (SSSR count). The van der Waals surface area contributed by atoms with Crippen LogP contribution in [0, 0.1) is 30.6 Å². The van der Waals surface area contributed by atoms with E-state index in [0.29, 0.717) is 23.7 Å². The number of hydrogen-bond acceptors (Lipinski definition) is 3. The molecule has 0 saturated heterocycles. The Morgan fingerprint density at radius 1 is 1.21 bits per heavy atom. The van der Waals surface area contributed by atoms with Crippen molar-refractivity contribution in [2.24, 2.45) is 23.7 Å². The van der Waals surface area contributed by atoms with Crippen LogP contribution in [-0.4, -0.2) is 26.5 Å². The van der Waals surface area contributed by atoms with Crippen molar-refractivity contribution in [2.75, 3.05) is 6.54 Å². The molecule has 3 aromatic rings. The van der Waals surface area contributed by atoms with Crippen LogP contribution in [0.4, 0.5) is 0 Å². The Labute approximate surface area is 173 Å². The minimum atomic E-state index is 0.560. The molecule has 1 aliphatic rings. The highest BCUT2D eigenvalue weighted by Gasteiger charge is 2.31. The second-order valence-electron chi connectivity index (χ2n) is 8.94. The fraction of sp³-hybridized carbons (Fsp3) is 0.500. The number of aromatic amines is 2. The normalized spacial score (nSPS) is 22.4. The quantitative estimate of drug-likeness (QED) is 0.508. The molecule has 0 radical (unpaired) electrons. The summed E-state index contributed by atoms with van der Waals surface area (Å²) < 4.78 is 0. The molecular weight excluding hydrogens is 358 g/mol. The molecule has 3 unspecified atom stereocenters. The summed E-state index contributed by atoms with van der Waals surface area (Å²) in [4.78, 5) is 15.9. The maximum Gasteiger partial charge on any atom is 0.120 e. The van der Waals surface area contributed by atoms with E-state index < -0.39 is 0 Å². The van der Waals surface area contributed by atoms with Crippen molar-refractivity contribution in [3.05, 3.63) is 59.5 Å². The fourth-order valence-electron chi connectivity index (χ4n) is 4.82. The molecule has 29 heavy (non-hydrogen) atoms. The Balaban J connectivity index is 1.46. The Bertz CT molecular complexity index is 966. The average Bonchev–Trinajstić information content (AvgIpc) is 3.33. The third-order valence-corrected chi connectivity index (χ3v) is 6.51. The smallest absolute Gasteiger partial charge is 0.120 e. The van der Waals surface area contributed by atoms with E-state index in [0.717, 1.165) is 42.2 Å². The van der Waals surface area contributed by atoms with Gasteiger partial charge in [-0.1, -0.05) is 37.6 Å². The fourth-order valence-corrected chi connectivity index (χ4v) is 4.82. The Morgan fingerprint density at radius 2 is 2.07 bits per heavy atom. The van der Waals surface area contributed by atoms with Gasteiger partial charge in [-0.05, 0) is 55.6 Å². The third kappa shape index (κ3) is 4.45. The number of benzene rings is 1. The SMILES string of the molecule is CC1=CC(CNCc2ncc[nH]2)C(C(C)C)CC1Cc1nc2c(C)cccc2[nH]1. The van der Waals surface area contributed by atoms with Crippen molar-refractivity contribution >= 4 is 11.0 Å². The van der Waals surface area contributed by atoms with Gasteiger partial charge in [-0.3, -0.25) is 0 Å². The minimum absolute atomic E-state index is 0.560. The van der Waals surface area contributed by atoms with Crippen LogP contribution >= 0.6 is 0 Å². The number of para-hydroxylation sites is 1. The van der Waals surface area contributed by atoms with Gasteiger partial charge in [0.05, 0.1) is 17.6 Å². The van der Waals surface area contributed by atoms with E-state index >= 15 is 0 Å². The van der Waals surface area contributed by atoms with Crippen LogP contribution in [0.2, 0.25) is 0 Å². The number of nitrogens with zero attached hydrogens (tertiary/aromatic N) is 2. The molecule has 0 saturated carbocycles. The monoisotopic (exact) mass is 391 g/mol. The zero-order valence-electron chi connectivity index (χ0n) is 18.0. The molecule has 0 aliphatic heterocycles. The highest BCUT2D eigenvalue weighted by Crippen LogP contribution is 2.38. The summed E-state index contributed by atoms with van der Waals surface area (Å²) >= 11 is 0. The first-order valence-electron chi connectivity index (χ1n) is 10.8. The number of imidazole rings is 2. The predicted octanol–water partition coefficient (Wildman–Crippen LogP) is 4.78. The van der Waals surface area contributed by atoms with E-state index in [1.54, 1.807) is 0 Å². The number of aromatic nitrogens is 4. The summed E-state index contributed by atoms with van der Waals surface area (Å²) in [5, 5.41) is 3.59. The molecule has 154 valence electrons. The third-order valence-electron chi connectivity index (χ3n) is 6.51. The van der Waals surface area contributed by atoms with Crippen LogP contribution in [-0.2, 0) is 13.0 Å². The van der Waals surface area contributed by atoms with Crippen molar-refractivity contribution in [1.82, 2.24) is 25.3 Å². The van der Waals surface area contributed by atoms with Crippen LogP contribution in [0.25, 0.3) is 11.0 Å². The zero-order valence-corrected chi connectivity index (χ0v) is 18.0. The molecule has 1 aliphatic carbocycles. The Morgan fingerprint density at radius 3 is 2.79 bits per heavy atom. The number of hydrogen-bond donors (Lipinski definition) is 3. The number of allylic oxidation sites excluding steroid dienone is 1. The number of H-pyrrole nitrogens is 2. The van der Waals surface area contributed by atoms with Gasteiger partial charge in [0, 0.05) is 25.4 Å². The Hall–Kier alpha value is -2.40. The topological polar surface area (TPSA) is 69.4 Å². The lowest BCUT2D eigenvalue weighted by molar-refractivity contribution is 0.221. The summed E-state index contributed by atoms with van der Waals surface area (Å²) in [6, 6.07) is 6.36. The zero-order chi connectivity index (χ0) is 20.4. The molecule has 0 fully saturated rings. The molecule has 5 heteroatoms. The molecule has 0 bridgehead atoms. The first-order chi connectivity index (χ1) is 14.0. The van der Waals surface area contributed by atoms with E-state index in [1.807, 2.05) is 12.4 Å². The van der Waals surface area contributed by atoms with E-state index in [9.17, 15) is 0 Å². The van der Waals surface area contributed by atoms with E-state index in [2.05, 4.69) is 72.2 Å². The first kappa shape index (κ1) is 19.9. The summed E-state index contributed by atoms with van der Waals surface area (Å²) in [7, 11) is 0. The summed E-state index contributed by atoms with van der Waals surface area (Å²) in [6.45, 7) is 10.9. The van der Waals surface area contributed by atoms with Gasteiger partial charge in [-0.25, -0.2) is 9.97 Å². The highest BCUT2D eigenvalue weighted by atomic mass is 15.0. The summed E-state index contributed by atoms with van der Waals surface area (Å²) in [5.41, 5.74) is 5.01. The van der Waals surface area contributed by atoms with Gasteiger partial charge in [0.2, 0.25) is 0 Å². The van der Waals surface area contributed by atoms with Crippen LogP contribution in [0.5, 0.6) is 0 Å². The maximum atomic E-state index is 4.90. The van der Waals surface area contributed by atoms with Gasteiger partial charge in [-0.15, -0.1) is 0 Å². The summed E-state index contributed by atoms with van der Waals surface area (Å²) in [6.07, 6.45) is 8.42. The second-order valence-corrected chi connectivity index (χ2v) is 8.94. The second kappa shape index (κ2) is 8.54. The lowest BCUT2D eigenvalue weighted by Gasteiger charge is -2.37. The number of rotatable bonds is 7. The van der Waals surface area contributed by atoms with Gasteiger partial charge in [0.1, 0.15) is 11.6 Å². The number of aryl methyl sites for hydroxylation is 1. The lowest BCUT2D eigenvalue weighted by Crippen LogP contribution is -2.34. The lowest BCUT2D eigenvalue weighted by atomic mass is 9.70. The van der Waals surface area contributed by atoms with Crippen LogP contribution in [0.1, 0.15) is 44.4 Å². The van der Waals surface area contributed by atoms with Crippen molar-refractivity contribution in [1.29, 1.82) is 0 Å². The Kier molecular flexibility index (Phi) is 5.86. The average molecular weight is 392 g/mol. The number of nitrogens with one attached hydrogen (secondary N) is 3. The molecule has 3 N–H and O–H groups in total. The highest BCUT2D eigenvalue weighted by molar-refractivity contribution is 5.78. The van der Waals surface area contributed by atoms with Gasteiger partial charge in [-0.2, -0.15) is 0 Å². The molecule has 1 aromatic carbocycles. The van der Waals surface area contributed by atoms with Gasteiger partial charge in [0.15, 0.2) is 0 Å². The molecule has 0 amide bonds. The van der Waals surface area contributed by atoms with Gasteiger partial charge >= 0.3 is 0 Å². The predicted molar refractivity (Wildman–Crippen MR) is 119 cm³/mol. The van der Waals surface area contributed by atoms with Crippen molar-refractivity contribution in [3.8, 4) is 0 Å². The first-order valence-corrected chi connectivity index (χ1v) is 10.8. The summed E-state index contributed by atoms with van der Waals surface area (Å²) in [5.74, 6) is 4.59. The van der Waals surface area contributed by atoms with Crippen molar-refractivity contribution in [3.63, 3.8) is 0 Å². The van der Waals surface area contributed by atoms with Crippen molar-refractivity contribution < 1.29 is 0 Å². The maximum absolute atomic E-state index is 4.90. The van der Waals surface area contributed by atoms with E-state index in [4.69, 9.17) is 4.98 Å². The van der Waals surface area contributed by atoms with Crippen molar-refractivity contribution in [2.45, 2.75) is 47.1 Å². The minimum Gasteiger partial charge on any atom is -0.348 e. The van der Waals surface area contributed by atoms with Gasteiger partial charge in [0.25, 0.3) is 0 Å². The van der Waals surface area contributed by atoms with Crippen LogP contribution < -0.4 is 5.32 Å². The largest absolute Gasteiger partial charge is 0.348 e. The number of fused-ring (bicyclic) bond motifs is 1. The van der Waals surface area contributed by atoms with E-state index in [1.165, 1.54) is 17.6 Å². The molecule has 2 heterocycles.